The molecule has 0 spiro atoms. The van der Waals surface area contributed by atoms with Crippen molar-refractivity contribution in [1.82, 2.24) is 0 Å². The van der Waals surface area contributed by atoms with Crippen molar-refractivity contribution in [2.75, 3.05) is 0 Å². The quantitative estimate of drug-likeness (QED) is 0.609. The van der Waals surface area contributed by atoms with Crippen molar-refractivity contribution in [2.45, 2.75) is 31.3 Å². The van der Waals surface area contributed by atoms with Gasteiger partial charge in [-0.25, -0.2) is 0 Å². The fourth-order valence-corrected chi connectivity index (χ4v) is 2.51. The molecule has 1 heterocycles. The largest absolute Gasteiger partial charge is 0.842 e. The maximum absolute atomic E-state index is 12.6. The number of fused-ring (bicyclic) bond motifs is 3. The third-order valence-corrected chi connectivity index (χ3v) is 3.25. The average molecular weight is 186 g/mol. The zero-order valence-electron chi connectivity index (χ0n) is 7.99. The van der Waals surface area contributed by atoms with Crippen LogP contribution in [0.3, 0.4) is 0 Å². The summed E-state index contributed by atoms with van der Waals surface area (Å²) in [7, 11) is 0. The molecule has 1 atom stereocenters. The van der Waals surface area contributed by atoms with Gasteiger partial charge in [-0.2, -0.15) is 0 Å². The molecule has 14 heavy (non-hydrogen) atoms. The van der Waals surface area contributed by atoms with E-state index in [2.05, 4.69) is 4.99 Å². The van der Waals surface area contributed by atoms with Crippen LogP contribution in [0, 0.1) is 0 Å². The van der Waals surface area contributed by atoms with Gasteiger partial charge in [-0.05, 0) is 30.1 Å². The van der Waals surface area contributed by atoms with E-state index in [1.807, 2.05) is 24.3 Å². The summed E-state index contributed by atoms with van der Waals surface area (Å²) in [6.07, 6.45) is 3.77. The standard InChI is InChI=1S/C12H12NO/c14-12-8-4-3-7-11(12)13-10-6-2-1-5-9(10)12/h1-2,5-6H,3-4,7-8H2/q-1. The number of para-hydroxylation sites is 1. The molecule has 1 saturated carbocycles. The first-order valence-electron chi connectivity index (χ1n) is 5.19. The third kappa shape index (κ3) is 0.919. The molecule has 1 aliphatic heterocycles. The summed E-state index contributed by atoms with van der Waals surface area (Å²) < 4.78 is 0. The van der Waals surface area contributed by atoms with E-state index in [-0.39, 0.29) is 0 Å². The van der Waals surface area contributed by atoms with E-state index in [4.69, 9.17) is 0 Å². The van der Waals surface area contributed by atoms with Crippen molar-refractivity contribution >= 4 is 11.4 Å². The highest BCUT2D eigenvalue weighted by Gasteiger charge is 2.34. The Morgan fingerprint density at radius 3 is 3.00 bits per heavy atom. The number of benzene rings is 1. The van der Waals surface area contributed by atoms with Gasteiger partial charge in [0.05, 0.1) is 5.69 Å². The highest BCUT2D eigenvalue weighted by atomic mass is 16.3. The topological polar surface area (TPSA) is 35.4 Å². The Morgan fingerprint density at radius 2 is 2.07 bits per heavy atom. The minimum atomic E-state index is -0.977. The van der Waals surface area contributed by atoms with Gasteiger partial charge in [-0.15, -0.1) is 0 Å². The van der Waals surface area contributed by atoms with Crippen LogP contribution in [0.2, 0.25) is 0 Å². The van der Waals surface area contributed by atoms with Crippen LogP contribution in [0.5, 0.6) is 0 Å². The number of aliphatic imine (C=N–C) groups is 1. The first-order valence-corrected chi connectivity index (χ1v) is 5.19. The molecule has 1 aliphatic carbocycles. The Morgan fingerprint density at radius 1 is 1.21 bits per heavy atom. The van der Waals surface area contributed by atoms with Gasteiger partial charge in [0.25, 0.3) is 0 Å². The summed E-state index contributed by atoms with van der Waals surface area (Å²) >= 11 is 0. The maximum Gasteiger partial charge on any atom is 0.0656 e. The maximum atomic E-state index is 12.6. The molecular formula is C12H12NO-. The summed E-state index contributed by atoms with van der Waals surface area (Å²) in [6, 6.07) is 7.76. The van der Waals surface area contributed by atoms with Gasteiger partial charge in [-0.3, -0.25) is 4.99 Å². The Hall–Kier alpha value is -1.15. The van der Waals surface area contributed by atoms with E-state index >= 15 is 0 Å². The number of rotatable bonds is 0. The van der Waals surface area contributed by atoms with Crippen LogP contribution >= 0.6 is 0 Å². The van der Waals surface area contributed by atoms with Crippen molar-refractivity contribution in [3.8, 4) is 0 Å². The number of hydrogen-bond acceptors (Lipinski definition) is 2. The van der Waals surface area contributed by atoms with Gasteiger partial charge in [-0.1, -0.05) is 31.0 Å². The molecule has 3 rings (SSSR count). The van der Waals surface area contributed by atoms with Gasteiger partial charge in [0.2, 0.25) is 0 Å². The molecule has 2 nitrogen and oxygen atoms in total. The summed E-state index contributed by atoms with van der Waals surface area (Å²) in [6.45, 7) is 0. The smallest absolute Gasteiger partial charge is 0.0656 e. The molecular weight excluding hydrogens is 174 g/mol. The molecule has 0 amide bonds. The molecule has 0 N–H and O–H groups in total. The van der Waals surface area contributed by atoms with Gasteiger partial charge in [0, 0.05) is 5.71 Å². The summed E-state index contributed by atoms with van der Waals surface area (Å²) in [5, 5.41) is 12.6. The minimum absolute atomic E-state index is 0.725. The molecule has 0 aromatic heterocycles. The second kappa shape index (κ2) is 2.67. The molecule has 72 valence electrons. The molecule has 1 aromatic rings. The van der Waals surface area contributed by atoms with E-state index in [0.29, 0.717) is 0 Å². The molecule has 2 heteroatoms. The Bertz CT molecular complexity index is 411. The predicted octanol–water partition coefficient (Wildman–Crippen LogP) is 1.90. The highest BCUT2D eigenvalue weighted by Crippen LogP contribution is 2.43. The Labute approximate surface area is 83.3 Å². The monoisotopic (exact) mass is 186 g/mol. The molecule has 0 radical (unpaired) electrons. The first-order chi connectivity index (χ1) is 6.81. The van der Waals surface area contributed by atoms with Crippen molar-refractivity contribution in [2.24, 2.45) is 4.99 Å². The van der Waals surface area contributed by atoms with E-state index in [1.165, 1.54) is 0 Å². The van der Waals surface area contributed by atoms with Crippen LogP contribution < -0.4 is 5.11 Å². The van der Waals surface area contributed by atoms with E-state index in [1.54, 1.807) is 0 Å². The third-order valence-electron chi connectivity index (χ3n) is 3.25. The van der Waals surface area contributed by atoms with Crippen molar-refractivity contribution < 1.29 is 5.11 Å². The van der Waals surface area contributed by atoms with Gasteiger partial charge >= 0.3 is 0 Å². The van der Waals surface area contributed by atoms with Crippen LogP contribution in [0.1, 0.15) is 31.2 Å². The zero-order chi connectivity index (χ0) is 9.60. The summed E-state index contributed by atoms with van der Waals surface area (Å²) in [4.78, 5) is 4.45. The molecule has 1 fully saturated rings. The van der Waals surface area contributed by atoms with E-state index < -0.39 is 5.60 Å². The molecule has 2 aliphatic rings. The second-order valence-corrected chi connectivity index (χ2v) is 4.11. The lowest BCUT2D eigenvalue weighted by molar-refractivity contribution is -0.461. The lowest BCUT2D eigenvalue weighted by Crippen LogP contribution is -2.47. The zero-order valence-corrected chi connectivity index (χ0v) is 7.99. The van der Waals surface area contributed by atoms with Crippen molar-refractivity contribution in [1.29, 1.82) is 0 Å². The van der Waals surface area contributed by atoms with Gasteiger partial charge < -0.3 is 5.11 Å². The van der Waals surface area contributed by atoms with Gasteiger partial charge in [0.1, 0.15) is 0 Å². The van der Waals surface area contributed by atoms with E-state index in [9.17, 15) is 5.11 Å². The van der Waals surface area contributed by atoms with Gasteiger partial charge in [0.15, 0.2) is 0 Å². The predicted molar refractivity (Wildman–Crippen MR) is 53.7 cm³/mol. The van der Waals surface area contributed by atoms with Crippen LogP contribution in [0.15, 0.2) is 29.3 Å². The SMILES string of the molecule is [O-]C12CCCCC1=Nc1ccccc12. The summed E-state index contributed by atoms with van der Waals surface area (Å²) in [5.74, 6) is 0. The number of nitrogens with zero attached hydrogens (tertiary/aromatic N) is 1. The first kappa shape index (κ1) is 8.18. The second-order valence-electron chi connectivity index (χ2n) is 4.11. The average Bonchev–Trinajstić information content (AvgIpc) is 2.51. The van der Waals surface area contributed by atoms with E-state index in [0.717, 1.165) is 42.6 Å². The fourth-order valence-electron chi connectivity index (χ4n) is 2.51. The van der Waals surface area contributed by atoms with Crippen LogP contribution in [0.4, 0.5) is 5.69 Å². The highest BCUT2D eigenvalue weighted by molar-refractivity contribution is 6.00. The summed E-state index contributed by atoms with van der Waals surface area (Å²) in [5.41, 5.74) is 1.69. The van der Waals surface area contributed by atoms with Crippen LogP contribution in [0.25, 0.3) is 0 Å². The number of hydrogen-bond donors (Lipinski definition) is 0. The molecule has 1 aromatic carbocycles. The normalized spacial score (nSPS) is 29.4. The minimum Gasteiger partial charge on any atom is -0.842 e. The molecule has 0 saturated heterocycles. The Balaban J connectivity index is 2.18. The van der Waals surface area contributed by atoms with Crippen molar-refractivity contribution in [3.05, 3.63) is 29.8 Å². The molecule has 0 bridgehead atoms. The van der Waals surface area contributed by atoms with Crippen LogP contribution in [-0.4, -0.2) is 5.71 Å². The fraction of sp³-hybridized carbons (Fsp3) is 0.417. The Kier molecular flexibility index (Phi) is 1.56. The lowest BCUT2D eigenvalue weighted by atomic mass is 9.79. The van der Waals surface area contributed by atoms with Crippen molar-refractivity contribution in [3.63, 3.8) is 0 Å². The molecule has 1 unspecified atom stereocenters. The lowest BCUT2D eigenvalue weighted by Gasteiger charge is -2.42. The van der Waals surface area contributed by atoms with Crippen LogP contribution in [-0.2, 0) is 5.60 Å².